The smallest absolute Gasteiger partial charge is 0.193 e. The van der Waals surface area contributed by atoms with E-state index in [0.29, 0.717) is 0 Å². The first-order valence-corrected chi connectivity index (χ1v) is 10.2. The van der Waals surface area contributed by atoms with Crippen LogP contribution in [0.1, 0.15) is 27.7 Å². The first-order chi connectivity index (χ1) is 8.08. The third-order valence-corrected chi connectivity index (χ3v) is 9.01. The van der Waals surface area contributed by atoms with Gasteiger partial charge in [0.15, 0.2) is 8.32 Å². The summed E-state index contributed by atoms with van der Waals surface area (Å²) in [7, 11) is -1.78. The number of rotatable bonds is 5. The molecular weight excluding hydrogens is 304 g/mol. The van der Waals surface area contributed by atoms with E-state index in [4.69, 9.17) is 10.8 Å². The molecule has 0 aliphatic heterocycles. The summed E-state index contributed by atoms with van der Waals surface area (Å²) < 4.78 is 6.44. The Labute approximate surface area is 122 Å². The number of terminal acetylenes is 1. The molecule has 0 saturated carbocycles. The molecule has 1 nitrogen and oxygen atoms in total. The van der Waals surface area contributed by atoms with Crippen molar-refractivity contribution in [1.29, 1.82) is 0 Å². The Kier molecular flexibility index (Phi) is 6.63. The van der Waals surface area contributed by atoms with Crippen molar-refractivity contribution < 1.29 is 4.43 Å². The SMILES string of the molecule is C#C/C=C/C=C/[C@](C)(CBr)O[Si](C)(C)C(C)(C)C. The maximum Gasteiger partial charge on any atom is 0.193 e. The van der Waals surface area contributed by atoms with Crippen LogP contribution in [0.4, 0.5) is 0 Å². The van der Waals surface area contributed by atoms with Crippen LogP contribution in [-0.2, 0) is 4.43 Å². The third kappa shape index (κ3) is 5.56. The Morgan fingerprint density at radius 3 is 2.17 bits per heavy atom. The molecule has 102 valence electrons. The van der Waals surface area contributed by atoms with E-state index in [9.17, 15) is 0 Å². The van der Waals surface area contributed by atoms with Crippen LogP contribution in [0.2, 0.25) is 18.1 Å². The van der Waals surface area contributed by atoms with Gasteiger partial charge in [0.1, 0.15) is 0 Å². The predicted molar refractivity (Wildman–Crippen MR) is 87.6 cm³/mol. The quantitative estimate of drug-likeness (QED) is 0.301. The first kappa shape index (κ1) is 17.7. The topological polar surface area (TPSA) is 9.23 Å². The Bertz CT molecular complexity index is 358. The Hall–Kier alpha value is -0.303. The molecule has 0 N–H and O–H groups in total. The predicted octanol–water partition coefficient (Wildman–Crippen LogP) is 4.91. The lowest BCUT2D eigenvalue weighted by Crippen LogP contribution is -2.48. The van der Waals surface area contributed by atoms with Gasteiger partial charge in [-0.05, 0) is 31.1 Å². The maximum absolute atomic E-state index is 6.44. The molecule has 0 spiro atoms. The van der Waals surface area contributed by atoms with Crippen LogP contribution in [0.3, 0.4) is 0 Å². The highest BCUT2D eigenvalue weighted by Crippen LogP contribution is 2.39. The van der Waals surface area contributed by atoms with Crippen LogP contribution < -0.4 is 0 Å². The minimum atomic E-state index is -1.78. The van der Waals surface area contributed by atoms with Crippen LogP contribution in [0.25, 0.3) is 0 Å². The lowest BCUT2D eigenvalue weighted by molar-refractivity contribution is 0.148. The van der Waals surface area contributed by atoms with Crippen LogP contribution in [0.15, 0.2) is 24.3 Å². The van der Waals surface area contributed by atoms with Crippen LogP contribution in [0, 0.1) is 12.3 Å². The second kappa shape index (κ2) is 6.74. The van der Waals surface area contributed by atoms with Gasteiger partial charge in [0.25, 0.3) is 0 Å². The van der Waals surface area contributed by atoms with Crippen molar-refractivity contribution in [1.82, 2.24) is 0 Å². The van der Waals surface area contributed by atoms with Crippen molar-refractivity contribution in [3.63, 3.8) is 0 Å². The fraction of sp³-hybridized carbons (Fsp3) is 0.600. The highest BCUT2D eigenvalue weighted by atomic mass is 79.9. The van der Waals surface area contributed by atoms with Crippen LogP contribution in [0.5, 0.6) is 0 Å². The van der Waals surface area contributed by atoms with E-state index in [-0.39, 0.29) is 10.6 Å². The highest BCUT2D eigenvalue weighted by molar-refractivity contribution is 9.09. The van der Waals surface area contributed by atoms with Gasteiger partial charge < -0.3 is 4.43 Å². The Morgan fingerprint density at radius 1 is 1.22 bits per heavy atom. The zero-order valence-electron chi connectivity index (χ0n) is 12.4. The summed E-state index contributed by atoms with van der Waals surface area (Å²) in [6.07, 6.45) is 12.7. The average molecular weight is 329 g/mol. The zero-order chi connectivity index (χ0) is 14.4. The molecule has 0 saturated heterocycles. The molecule has 0 aromatic carbocycles. The van der Waals surface area contributed by atoms with Gasteiger partial charge in [-0.25, -0.2) is 0 Å². The largest absolute Gasteiger partial charge is 0.407 e. The summed E-state index contributed by atoms with van der Waals surface area (Å²) in [5, 5.41) is 0.978. The van der Waals surface area contributed by atoms with Gasteiger partial charge in [-0.15, -0.1) is 6.42 Å². The summed E-state index contributed by atoms with van der Waals surface area (Å²) in [6.45, 7) is 13.4. The van der Waals surface area contributed by atoms with Gasteiger partial charge in [-0.1, -0.05) is 60.8 Å². The molecule has 3 heteroatoms. The second-order valence-electron chi connectivity index (χ2n) is 6.19. The van der Waals surface area contributed by atoms with Crippen LogP contribution in [-0.4, -0.2) is 19.2 Å². The van der Waals surface area contributed by atoms with Crippen molar-refractivity contribution in [3.8, 4) is 12.3 Å². The summed E-state index contributed by atoms with van der Waals surface area (Å²) in [6, 6.07) is 0. The van der Waals surface area contributed by atoms with E-state index < -0.39 is 8.32 Å². The van der Waals surface area contributed by atoms with Gasteiger partial charge in [-0.2, -0.15) is 0 Å². The fourth-order valence-electron chi connectivity index (χ4n) is 1.21. The molecule has 0 heterocycles. The average Bonchev–Trinajstić information content (AvgIpc) is 2.22. The molecule has 0 unspecified atom stereocenters. The number of alkyl halides is 1. The molecule has 0 amide bonds. The van der Waals surface area contributed by atoms with E-state index in [1.807, 2.05) is 12.2 Å². The number of hydrogen-bond donors (Lipinski definition) is 0. The minimum absolute atomic E-state index is 0.207. The lowest BCUT2D eigenvalue weighted by Gasteiger charge is -2.42. The van der Waals surface area contributed by atoms with E-state index in [0.717, 1.165) is 5.33 Å². The Balaban J connectivity index is 4.94. The molecular formula is C15H25BrOSi. The number of allylic oxidation sites excluding steroid dienone is 3. The van der Waals surface area contributed by atoms with E-state index in [1.54, 1.807) is 6.08 Å². The zero-order valence-corrected chi connectivity index (χ0v) is 15.0. The molecule has 0 aliphatic carbocycles. The van der Waals surface area contributed by atoms with Crippen molar-refractivity contribution >= 4 is 24.2 Å². The molecule has 0 aliphatic rings. The first-order valence-electron chi connectivity index (χ1n) is 6.15. The summed E-state index contributed by atoms with van der Waals surface area (Å²) >= 11 is 3.54. The minimum Gasteiger partial charge on any atom is -0.407 e. The molecule has 0 radical (unpaired) electrons. The molecule has 0 fully saturated rings. The molecule has 0 bridgehead atoms. The van der Waals surface area contributed by atoms with Crippen molar-refractivity contribution in [2.75, 3.05) is 5.33 Å². The van der Waals surface area contributed by atoms with Gasteiger partial charge in [0.05, 0.1) is 5.60 Å². The number of halogens is 1. The van der Waals surface area contributed by atoms with Gasteiger partial charge in [0, 0.05) is 5.33 Å². The van der Waals surface area contributed by atoms with Gasteiger partial charge in [0.2, 0.25) is 0 Å². The molecule has 1 atom stereocenters. The monoisotopic (exact) mass is 328 g/mol. The summed E-state index contributed by atoms with van der Waals surface area (Å²) in [4.78, 5) is 0. The molecule has 0 aromatic rings. The fourth-order valence-corrected chi connectivity index (χ4v) is 3.34. The molecule has 0 aromatic heterocycles. The molecule has 0 rings (SSSR count). The molecule has 18 heavy (non-hydrogen) atoms. The van der Waals surface area contributed by atoms with E-state index >= 15 is 0 Å². The van der Waals surface area contributed by atoms with E-state index in [1.165, 1.54) is 0 Å². The normalized spacial score (nSPS) is 17.0. The Morgan fingerprint density at radius 2 is 1.78 bits per heavy atom. The summed E-state index contributed by atoms with van der Waals surface area (Å²) in [5.41, 5.74) is -0.290. The third-order valence-electron chi connectivity index (χ3n) is 3.31. The van der Waals surface area contributed by atoms with Crippen molar-refractivity contribution in [2.24, 2.45) is 0 Å². The standard InChI is InChI=1S/C15H25BrOSi/c1-8-9-10-11-12-15(5,13-16)17-18(6,7)14(2,3)4/h1,9-12H,13H2,2-7H3/b10-9+,12-11+/t15-/m1/s1. The van der Waals surface area contributed by atoms with Crippen LogP contribution >= 0.6 is 15.9 Å². The number of hydrogen-bond acceptors (Lipinski definition) is 1. The summed E-state index contributed by atoms with van der Waals surface area (Å²) in [5.74, 6) is 2.47. The van der Waals surface area contributed by atoms with Crippen molar-refractivity contribution in [2.45, 2.75) is 51.4 Å². The maximum atomic E-state index is 6.44. The van der Waals surface area contributed by atoms with Gasteiger partial charge >= 0.3 is 0 Å². The second-order valence-corrected chi connectivity index (χ2v) is 11.5. The highest BCUT2D eigenvalue weighted by Gasteiger charge is 2.41. The lowest BCUT2D eigenvalue weighted by atomic mass is 10.1. The van der Waals surface area contributed by atoms with E-state index in [2.05, 4.69) is 68.7 Å². The van der Waals surface area contributed by atoms with Crippen molar-refractivity contribution in [3.05, 3.63) is 24.3 Å². The van der Waals surface area contributed by atoms with Gasteiger partial charge in [-0.3, -0.25) is 0 Å².